The third-order valence-corrected chi connectivity index (χ3v) is 8.79. The van der Waals surface area contributed by atoms with Crippen LogP contribution in [0.3, 0.4) is 0 Å². The summed E-state index contributed by atoms with van der Waals surface area (Å²) in [5.41, 5.74) is 1.39. The van der Waals surface area contributed by atoms with Gasteiger partial charge < -0.3 is 5.11 Å². The Hall–Kier alpha value is -3.13. The number of halogens is 2. The number of hydrogen-bond acceptors (Lipinski definition) is 6. The molecule has 2 heterocycles. The predicted molar refractivity (Wildman–Crippen MR) is 124 cm³/mol. The second-order valence-electron chi connectivity index (χ2n) is 10.9. The minimum absolute atomic E-state index is 0.00158. The van der Waals surface area contributed by atoms with Crippen LogP contribution in [0.15, 0.2) is 36.7 Å². The number of nitrogens with zero attached hydrogens (tertiary/aromatic N) is 4. The van der Waals surface area contributed by atoms with Crippen LogP contribution in [-0.2, 0) is 5.41 Å². The van der Waals surface area contributed by atoms with E-state index in [2.05, 4.69) is 29.0 Å². The number of benzene rings is 1. The number of rotatable bonds is 6. The molecule has 2 saturated carbocycles. The van der Waals surface area contributed by atoms with E-state index in [-0.39, 0.29) is 46.8 Å². The molecule has 180 valence electrons. The Morgan fingerprint density at radius 3 is 2.54 bits per heavy atom. The van der Waals surface area contributed by atoms with Gasteiger partial charge in [0.2, 0.25) is 0 Å². The van der Waals surface area contributed by atoms with Crippen molar-refractivity contribution in [2.75, 3.05) is 6.61 Å². The molecule has 0 spiro atoms. The first-order chi connectivity index (χ1) is 16.7. The standard InChI is InChI=1S/C27H26F2N4O2/c1-25(2)16-6-7-27(25,22-13-30-12-20(31-22)21(35)11-26(14-34)8-9-26)24-15(16)10-19(32-33-24)23-17(28)4-3-5-18(23)29/h3-5,10,12-13,16,34H,6-9,11,14H2,1-2H3/t16-,27-/m0/s1. The minimum Gasteiger partial charge on any atom is -0.396 e. The van der Waals surface area contributed by atoms with Gasteiger partial charge in [-0.2, -0.15) is 5.10 Å². The number of fused-ring (bicyclic) bond motifs is 5. The van der Waals surface area contributed by atoms with Gasteiger partial charge in [0.1, 0.15) is 17.3 Å². The van der Waals surface area contributed by atoms with Crippen molar-refractivity contribution in [3.05, 3.63) is 70.9 Å². The molecule has 0 unspecified atom stereocenters. The van der Waals surface area contributed by atoms with Crippen LogP contribution in [0.1, 0.15) is 79.3 Å². The first-order valence-electron chi connectivity index (χ1n) is 12.0. The number of aliphatic hydroxyl groups is 1. The molecule has 2 atom stereocenters. The summed E-state index contributed by atoms with van der Waals surface area (Å²) < 4.78 is 28.9. The lowest BCUT2D eigenvalue weighted by Crippen LogP contribution is -2.38. The van der Waals surface area contributed by atoms with E-state index >= 15 is 0 Å². The smallest absolute Gasteiger partial charge is 0.183 e. The molecule has 8 heteroatoms. The molecule has 3 aliphatic carbocycles. The Kier molecular flexibility index (Phi) is 4.75. The maximum absolute atomic E-state index is 14.5. The summed E-state index contributed by atoms with van der Waals surface area (Å²) in [5.74, 6) is -1.37. The van der Waals surface area contributed by atoms with Crippen LogP contribution in [0.5, 0.6) is 0 Å². The summed E-state index contributed by atoms with van der Waals surface area (Å²) in [6.45, 7) is 4.30. The lowest BCUT2D eigenvalue weighted by molar-refractivity contribution is 0.0916. The maximum atomic E-state index is 14.5. The zero-order valence-corrected chi connectivity index (χ0v) is 19.7. The number of hydrogen-bond donors (Lipinski definition) is 1. The molecule has 35 heavy (non-hydrogen) atoms. The first-order valence-corrected chi connectivity index (χ1v) is 12.0. The summed E-state index contributed by atoms with van der Waals surface area (Å²) >= 11 is 0. The third-order valence-electron chi connectivity index (χ3n) is 8.79. The molecule has 3 aromatic rings. The Bertz CT molecular complexity index is 1350. The SMILES string of the molecule is CC1(C)[C@H]2CC[C@]1(c1cncc(C(=O)CC3(CO)CC3)n1)c1nnc(-c3c(F)cccc3F)cc12. The van der Waals surface area contributed by atoms with Crippen LogP contribution in [0.2, 0.25) is 0 Å². The second kappa shape index (κ2) is 7.43. The zero-order valence-electron chi connectivity index (χ0n) is 19.7. The van der Waals surface area contributed by atoms with Crippen molar-refractivity contribution in [2.45, 2.75) is 57.3 Å². The van der Waals surface area contributed by atoms with Crippen molar-refractivity contribution in [3.63, 3.8) is 0 Å². The van der Waals surface area contributed by atoms with Crippen molar-refractivity contribution in [1.29, 1.82) is 0 Å². The molecule has 6 nitrogen and oxygen atoms in total. The van der Waals surface area contributed by atoms with Crippen LogP contribution < -0.4 is 0 Å². The highest BCUT2D eigenvalue weighted by molar-refractivity contribution is 5.94. The van der Waals surface area contributed by atoms with Gasteiger partial charge in [-0.15, -0.1) is 5.10 Å². The lowest BCUT2D eigenvalue weighted by atomic mass is 9.66. The number of carbonyl (C=O) groups is 1. The van der Waals surface area contributed by atoms with Crippen LogP contribution in [0.25, 0.3) is 11.3 Å². The van der Waals surface area contributed by atoms with Crippen molar-refractivity contribution in [2.24, 2.45) is 10.8 Å². The molecule has 0 amide bonds. The zero-order chi connectivity index (χ0) is 24.6. The van der Waals surface area contributed by atoms with E-state index in [1.54, 1.807) is 12.3 Å². The van der Waals surface area contributed by atoms with Gasteiger partial charge in [-0.1, -0.05) is 19.9 Å². The molecule has 1 aromatic carbocycles. The van der Waals surface area contributed by atoms with Gasteiger partial charge in [-0.25, -0.2) is 13.8 Å². The number of ketones is 1. The van der Waals surface area contributed by atoms with Gasteiger partial charge in [0.25, 0.3) is 0 Å². The molecule has 2 fully saturated rings. The predicted octanol–water partition coefficient (Wildman–Crippen LogP) is 4.76. The van der Waals surface area contributed by atoms with Gasteiger partial charge in [-0.05, 0) is 60.8 Å². The molecule has 6 rings (SSSR count). The largest absolute Gasteiger partial charge is 0.396 e. The number of aromatic nitrogens is 4. The molecular formula is C27H26F2N4O2. The molecule has 1 N–H and O–H groups in total. The Balaban J connectivity index is 1.44. The quantitative estimate of drug-likeness (QED) is 0.516. The Morgan fingerprint density at radius 1 is 1.11 bits per heavy atom. The average molecular weight is 477 g/mol. The van der Waals surface area contributed by atoms with E-state index in [1.165, 1.54) is 24.4 Å². The summed E-state index contributed by atoms with van der Waals surface area (Å²) in [4.78, 5) is 22.2. The van der Waals surface area contributed by atoms with E-state index in [9.17, 15) is 18.7 Å². The van der Waals surface area contributed by atoms with Crippen LogP contribution >= 0.6 is 0 Å². The highest BCUT2D eigenvalue weighted by Gasteiger charge is 2.65. The monoisotopic (exact) mass is 476 g/mol. The highest BCUT2D eigenvalue weighted by Crippen LogP contribution is 2.69. The third kappa shape index (κ3) is 3.05. The summed E-state index contributed by atoms with van der Waals surface area (Å²) in [6, 6.07) is 5.52. The lowest BCUT2D eigenvalue weighted by Gasteiger charge is -2.37. The fourth-order valence-electron chi connectivity index (χ4n) is 6.46. The summed E-state index contributed by atoms with van der Waals surface area (Å²) in [5, 5.41) is 18.4. The average Bonchev–Trinajstić information content (AvgIpc) is 3.52. The second-order valence-corrected chi connectivity index (χ2v) is 10.9. The minimum atomic E-state index is -0.676. The molecular weight excluding hydrogens is 450 g/mol. The molecule has 2 bridgehead atoms. The van der Waals surface area contributed by atoms with Crippen LogP contribution in [0.4, 0.5) is 8.78 Å². The first kappa shape index (κ1) is 22.3. The molecule has 0 aliphatic heterocycles. The number of Topliss-reactive ketones (excluding diaryl/α,β-unsaturated/α-hetero) is 1. The normalized spacial score (nSPS) is 24.9. The van der Waals surface area contributed by atoms with E-state index in [1.807, 2.05) is 0 Å². The Labute approximate surface area is 201 Å². The maximum Gasteiger partial charge on any atom is 0.183 e. The van der Waals surface area contributed by atoms with Gasteiger partial charge in [0, 0.05) is 24.6 Å². The van der Waals surface area contributed by atoms with E-state index in [0.29, 0.717) is 11.4 Å². The van der Waals surface area contributed by atoms with E-state index in [0.717, 1.165) is 36.9 Å². The summed E-state index contributed by atoms with van der Waals surface area (Å²) in [7, 11) is 0. The van der Waals surface area contributed by atoms with Gasteiger partial charge >= 0.3 is 0 Å². The summed E-state index contributed by atoms with van der Waals surface area (Å²) in [6.07, 6.45) is 6.76. The molecule has 0 radical (unpaired) electrons. The highest BCUT2D eigenvalue weighted by atomic mass is 19.1. The van der Waals surface area contributed by atoms with Gasteiger partial charge in [0.15, 0.2) is 5.78 Å². The van der Waals surface area contributed by atoms with Crippen LogP contribution in [-0.4, -0.2) is 37.7 Å². The van der Waals surface area contributed by atoms with Crippen LogP contribution in [0, 0.1) is 22.5 Å². The topological polar surface area (TPSA) is 88.9 Å². The molecule has 2 aromatic heterocycles. The number of carbonyl (C=O) groups excluding carboxylic acids is 1. The fraction of sp³-hybridized carbons (Fsp3) is 0.444. The number of aliphatic hydroxyl groups excluding tert-OH is 1. The van der Waals surface area contributed by atoms with E-state index in [4.69, 9.17) is 4.98 Å². The molecule has 0 saturated heterocycles. The Morgan fingerprint density at radius 2 is 1.86 bits per heavy atom. The fourth-order valence-corrected chi connectivity index (χ4v) is 6.46. The van der Waals surface area contributed by atoms with Crippen molar-refractivity contribution in [3.8, 4) is 11.3 Å². The van der Waals surface area contributed by atoms with Gasteiger partial charge in [0.05, 0.1) is 34.3 Å². The van der Waals surface area contributed by atoms with Crippen molar-refractivity contribution < 1.29 is 18.7 Å². The molecule has 3 aliphatic rings. The van der Waals surface area contributed by atoms with E-state index < -0.39 is 17.0 Å². The van der Waals surface area contributed by atoms with Gasteiger partial charge in [-0.3, -0.25) is 9.78 Å². The van der Waals surface area contributed by atoms with Crippen molar-refractivity contribution >= 4 is 5.78 Å². The van der Waals surface area contributed by atoms with Crippen molar-refractivity contribution in [1.82, 2.24) is 20.2 Å².